The van der Waals surface area contributed by atoms with Gasteiger partial charge in [-0.15, -0.1) is 0 Å². The molecule has 1 heterocycles. The molecule has 0 saturated heterocycles. The van der Waals surface area contributed by atoms with Crippen molar-refractivity contribution in [3.63, 3.8) is 0 Å². The molecule has 0 radical (unpaired) electrons. The van der Waals surface area contributed by atoms with Crippen LogP contribution >= 0.6 is 0 Å². The Bertz CT molecular complexity index is 535. The van der Waals surface area contributed by atoms with Crippen molar-refractivity contribution >= 4 is 0 Å². The number of benzene rings is 1. The highest BCUT2D eigenvalue weighted by molar-refractivity contribution is 5.31. The normalized spacial score (nSPS) is 10.9. The summed E-state index contributed by atoms with van der Waals surface area (Å²) in [5.74, 6) is 1.67. The molecule has 21 heavy (non-hydrogen) atoms. The van der Waals surface area contributed by atoms with Gasteiger partial charge in [0, 0.05) is 18.8 Å². The second-order valence-electron chi connectivity index (χ2n) is 5.11. The first kappa shape index (κ1) is 15.4. The number of ether oxygens (including phenoxy) is 2. The first-order chi connectivity index (χ1) is 10.2. The zero-order chi connectivity index (χ0) is 15.1. The van der Waals surface area contributed by atoms with Crippen LogP contribution in [0.1, 0.15) is 19.5 Å². The Morgan fingerprint density at radius 1 is 1.14 bits per heavy atom. The van der Waals surface area contributed by atoms with E-state index in [1.165, 1.54) is 5.69 Å². The molecular weight excluding hydrogens is 266 g/mol. The molecule has 0 amide bonds. The molecule has 5 heteroatoms. The van der Waals surface area contributed by atoms with E-state index in [4.69, 9.17) is 9.47 Å². The van der Waals surface area contributed by atoms with E-state index in [2.05, 4.69) is 24.3 Å². The Labute approximate surface area is 125 Å². The lowest BCUT2D eigenvalue weighted by molar-refractivity contribution is 0.287. The molecule has 1 aromatic heterocycles. The molecule has 5 nitrogen and oxygen atoms in total. The average Bonchev–Trinajstić information content (AvgIpc) is 2.93. The Kier molecular flexibility index (Phi) is 5.63. The molecule has 0 unspecified atom stereocenters. The summed E-state index contributed by atoms with van der Waals surface area (Å²) in [6.45, 7) is 6.40. The van der Waals surface area contributed by atoms with E-state index in [-0.39, 0.29) is 0 Å². The molecule has 0 bridgehead atoms. The van der Waals surface area contributed by atoms with Gasteiger partial charge < -0.3 is 14.8 Å². The number of rotatable bonds is 8. The van der Waals surface area contributed by atoms with Crippen LogP contribution in [-0.4, -0.2) is 29.5 Å². The maximum absolute atomic E-state index is 5.72. The van der Waals surface area contributed by atoms with Crippen molar-refractivity contribution in [2.24, 2.45) is 0 Å². The zero-order valence-electron chi connectivity index (χ0n) is 12.9. The van der Waals surface area contributed by atoms with Gasteiger partial charge in [-0.1, -0.05) is 13.8 Å². The van der Waals surface area contributed by atoms with Crippen LogP contribution in [0.15, 0.2) is 36.5 Å². The average molecular weight is 289 g/mol. The van der Waals surface area contributed by atoms with Crippen LogP contribution < -0.4 is 14.8 Å². The fourth-order valence-corrected chi connectivity index (χ4v) is 1.94. The minimum absolute atomic E-state index is 0.462. The molecule has 0 spiro atoms. The van der Waals surface area contributed by atoms with Crippen molar-refractivity contribution in [1.29, 1.82) is 0 Å². The van der Waals surface area contributed by atoms with Crippen molar-refractivity contribution in [1.82, 2.24) is 15.1 Å². The summed E-state index contributed by atoms with van der Waals surface area (Å²) >= 11 is 0. The number of nitrogens with one attached hydrogen (secondary N) is 1. The van der Waals surface area contributed by atoms with E-state index in [0.29, 0.717) is 12.6 Å². The zero-order valence-corrected chi connectivity index (χ0v) is 12.9. The number of nitrogens with zero attached hydrogens (tertiary/aromatic N) is 2. The van der Waals surface area contributed by atoms with Crippen molar-refractivity contribution in [3.05, 3.63) is 42.2 Å². The molecule has 2 rings (SSSR count). The molecule has 1 aromatic carbocycles. The third-order valence-electron chi connectivity index (χ3n) is 3.13. The van der Waals surface area contributed by atoms with Crippen LogP contribution in [0.4, 0.5) is 0 Å². The molecular formula is C16H23N3O2. The van der Waals surface area contributed by atoms with E-state index >= 15 is 0 Å². The SMILES string of the molecule is COc1ccc(OCCn2nccc2CNC(C)C)cc1. The Hall–Kier alpha value is -2.01. The van der Waals surface area contributed by atoms with E-state index in [1.807, 2.05) is 41.2 Å². The van der Waals surface area contributed by atoms with Gasteiger partial charge in [0.05, 0.1) is 19.3 Å². The largest absolute Gasteiger partial charge is 0.497 e. The standard InChI is InChI=1S/C16H23N3O2/c1-13(2)17-12-14-8-9-18-19(14)10-11-21-16-6-4-15(20-3)5-7-16/h4-9,13,17H,10-12H2,1-3H3. The van der Waals surface area contributed by atoms with Gasteiger partial charge in [-0.2, -0.15) is 5.10 Å². The van der Waals surface area contributed by atoms with Crippen molar-refractivity contribution in [2.75, 3.05) is 13.7 Å². The summed E-state index contributed by atoms with van der Waals surface area (Å²) in [4.78, 5) is 0. The summed E-state index contributed by atoms with van der Waals surface area (Å²) < 4.78 is 12.8. The van der Waals surface area contributed by atoms with E-state index in [1.54, 1.807) is 7.11 Å². The van der Waals surface area contributed by atoms with Crippen LogP contribution in [-0.2, 0) is 13.1 Å². The number of hydrogen-bond donors (Lipinski definition) is 1. The Morgan fingerprint density at radius 2 is 1.86 bits per heavy atom. The molecule has 0 fully saturated rings. The summed E-state index contributed by atoms with van der Waals surface area (Å²) in [6.07, 6.45) is 1.82. The summed E-state index contributed by atoms with van der Waals surface area (Å²) in [5.41, 5.74) is 1.17. The predicted octanol–water partition coefficient (Wildman–Crippen LogP) is 2.47. The highest BCUT2D eigenvalue weighted by Crippen LogP contribution is 2.16. The third-order valence-corrected chi connectivity index (χ3v) is 3.13. The quantitative estimate of drug-likeness (QED) is 0.811. The monoisotopic (exact) mass is 289 g/mol. The molecule has 0 saturated carbocycles. The van der Waals surface area contributed by atoms with E-state index in [0.717, 1.165) is 24.6 Å². The van der Waals surface area contributed by atoms with E-state index < -0.39 is 0 Å². The van der Waals surface area contributed by atoms with E-state index in [9.17, 15) is 0 Å². The topological polar surface area (TPSA) is 48.3 Å². The minimum atomic E-state index is 0.462. The summed E-state index contributed by atoms with van der Waals surface area (Å²) in [6, 6.07) is 10.1. The highest BCUT2D eigenvalue weighted by atomic mass is 16.5. The first-order valence-corrected chi connectivity index (χ1v) is 7.20. The van der Waals surface area contributed by atoms with Crippen LogP contribution in [0.5, 0.6) is 11.5 Å². The lowest BCUT2D eigenvalue weighted by atomic mass is 10.3. The predicted molar refractivity (Wildman–Crippen MR) is 82.7 cm³/mol. The fourth-order valence-electron chi connectivity index (χ4n) is 1.94. The lowest BCUT2D eigenvalue weighted by Crippen LogP contribution is -2.24. The molecule has 0 atom stereocenters. The maximum Gasteiger partial charge on any atom is 0.119 e. The minimum Gasteiger partial charge on any atom is -0.497 e. The second-order valence-corrected chi connectivity index (χ2v) is 5.11. The molecule has 1 N–H and O–H groups in total. The van der Waals surface area contributed by atoms with Crippen molar-refractivity contribution in [2.45, 2.75) is 33.0 Å². The number of hydrogen-bond acceptors (Lipinski definition) is 4. The Morgan fingerprint density at radius 3 is 2.52 bits per heavy atom. The van der Waals surface area contributed by atoms with Gasteiger partial charge >= 0.3 is 0 Å². The van der Waals surface area contributed by atoms with Crippen LogP contribution in [0, 0.1) is 0 Å². The van der Waals surface area contributed by atoms with Crippen molar-refractivity contribution in [3.8, 4) is 11.5 Å². The number of methoxy groups -OCH3 is 1. The van der Waals surface area contributed by atoms with Crippen LogP contribution in [0.2, 0.25) is 0 Å². The highest BCUT2D eigenvalue weighted by Gasteiger charge is 2.03. The van der Waals surface area contributed by atoms with Gasteiger partial charge in [-0.05, 0) is 30.3 Å². The van der Waals surface area contributed by atoms with Gasteiger partial charge in [0.2, 0.25) is 0 Å². The van der Waals surface area contributed by atoms with Gasteiger partial charge in [-0.3, -0.25) is 4.68 Å². The summed E-state index contributed by atoms with van der Waals surface area (Å²) in [7, 11) is 1.65. The van der Waals surface area contributed by atoms with Crippen LogP contribution in [0.3, 0.4) is 0 Å². The molecule has 0 aliphatic carbocycles. The van der Waals surface area contributed by atoms with Crippen LogP contribution in [0.25, 0.3) is 0 Å². The maximum atomic E-state index is 5.72. The van der Waals surface area contributed by atoms with Gasteiger partial charge in [0.1, 0.15) is 18.1 Å². The second kappa shape index (κ2) is 7.69. The first-order valence-electron chi connectivity index (χ1n) is 7.20. The van der Waals surface area contributed by atoms with Gasteiger partial charge in [-0.25, -0.2) is 0 Å². The molecule has 0 aliphatic rings. The van der Waals surface area contributed by atoms with Gasteiger partial charge in [0.25, 0.3) is 0 Å². The molecule has 114 valence electrons. The number of aromatic nitrogens is 2. The fraction of sp³-hybridized carbons (Fsp3) is 0.438. The molecule has 0 aliphatic heterocycles. The Balaban J connectivity index is 1.81. The van der Waals surface area contributed by atoms with Gasteiger partial charge in [0.15, 0.2) is 0 Å². The lowest BCUT2D eigenvalue weighted by Gasteiger charge is -2.11. The summed E-state index contributed by atoms with van der Waals surface area (Å²) in [5, 5.41) is 7.72. The van der Waals surface area contributed by atoms with Crippen molar-refractivity contribution < 1.29 is 9.47 Å². The smallest absolute Gasteiger partial charge is 0.119 e. The molecule has 2 aromatic rings. The third kappa shape index (κ3) is 4.79.